The van der Waals surface area contributed by atoms with E-state index in [1.807, 2.05) is 55.2 Å². The average molecular weight is 575 g/mol. The minimum atomic E-state index is -0.878. The number of nitrogens with one attached hydrogen (secondary N) is 1. The molecule has 0 spiro atoms. The molecule has 1 unspecified atom stereocenters. The van der Waals surface area contributed by atoms with Gasteiger partial charge in [-0.1, -0.05) is 24.3 Å². The van der Waals surface area contributed by atoms with Gasteiger partial charge in [0.05, 0.1) is 35.8 Å². The second-order valence-electron chi connectivity index (χ2n) is 11.4. The fourth-order valence-corrected chi connectivity index (χ4v) is 6.25. The molecular formula is C32H36F2N6O2. The van der Waals surface area contributed by atoms with Gasteiger partial charge in [-0.2, -0.15) is 10.2 Å². The van der Waals surface area contributed by atoms with E-state index in [9.17, 15) is 13.6 Å². The zero-order valence-corrected chi connectivity index (χ0v) is 24.0. The second-order valence-corrected chi connectivity index (χ2v) is 11.4. The van der Waals surface area contributed by atoms with Gasteiger partial charge in [-0.05, 0) is 61.6 Å². The molecule has 8 nitrogen and oxygen atoms in total. The lowest BCUT2D eigenvalue weighted by Crippen LogP contribution is -2.41. The Labute approximate surface area is 244 Å². The monoisotopic (exact) mass is 574 g/mol. The van der Waals surface area contributed by atoms with Crippen molar-refractivity contribution in [1.29, 1.82) is 0 Å². The van der Waals surface area contributed by atoms with Crippen molar-refractivity contribution in [2.45, 2.75) is 50.7 Å². The van der Waals surface area contributed by atoms with Crippen molar-refractivity contribution in [3.63, 3.8) is 0 Å². The van der Waals surface area contributed by atoms with Gasteiger partial charge in [0.25, 0.3) is 0 Å². The van der Waals surface area contributed by atoms with Gasteiger partial charge < -0.3 is 10.1 Å². The van der Waals surface area contributed by atoms with E-state index in [1.54, 1.807) is 16.9 Å². The molecule has 2 saturated heterocycles. The normalized spacial score (nSPS) is 21.1. The van der Waals surface area contributed by atoms with Crippen molar-refractivity contribution < 1.29 is 18.3 Å². The predicted octanol–water partition coefficient (Wildman–Crippen LogP) is 4.56. The molecule has 0 saturated carbocycles. The molecule has 4 heterocycles. The molecule has 2 aliphatic heterocycles. The highest BCUT2D eigenvalue weighted by Crippen LogP contribution is 2.31. The van der Waals surface area contributed by atoms with Gasteiger partial charge in [0.1, 0.15) is 0 Å². The molecule has 1 N–H and O–H groups in total. The van der Waals surface area contributed by atoms with Crippen LogP contribution >= 0.6 is 0 Å². The maximum absolute atomic E-state index is 14.3. The summed E-state index contributed by atoms with van der Waals surface area (Å²) in [6, 6.07) is 13.5. The van der Waals surface area contributed by atoms with Gasteiger partial charge in [0.15, 0.2) is 11.6 Å². The first-order valence-electron chi connectivity index (χ1n) is 14.6. The first kappa shape index (κ1) is 28.2. The summed E-state index contributed by atoms with van der Waals surface area (Å²) in [5.74, 6) is -2.09. The first-order chi connectivity index (χ1) is 20.4. The maximum Gasteiger partial charge on any atom is 0.226 e. The van der Waals surface area contributed by atoms with E-state index in [2.05, 4.69) is 15.3 Å². The summed E-state index contributed by atoms with van der Waals surface area (Å²) in [6.45, 7) is 4.72. The summed E-state index contributed by atoms with van der Waals surface area (Å²) < 4.78 is 37.6. The lowest BCUT2D eigenvalue weighted by molar-refractivity contribution is -0.121. The van der Waals surface area contributed by atoms with E-state index in [0.29, 0.717) is 18.7 Å². The molecule has 1 amide bonds. The number of aryl methyl sites for hydroxylation is 1. The number of halogens is 2. The van der Waals surface area contributed by atoms with Crippen LogP contribution < -0.4 is 5.32 Å². The molecule has 2 aromatic heterocycles. The summed E-state index contributed by atoms with van der Waals surface area (Å²) in [6.07, 6.45) is 7.16. The molecule has 2 aliphatic rings. The van der Waals surface area contributed by atoms with Gasteiger partial charge in [-0.15, -0.1) is 0 Å². The Hall–Kier alpha value is -3.89. The Morgan fingerprint density at radius 1 is 1.10 bits per heavy atom. The van der Waals surface area contributed by atoms with Crippen LogP contribution in [0.3, 0.4) is 0 Å². The lowest BCUT2D eigenvalue weighted by Gasteiger charge is -2.27. The molecule has 2 fully saturated rings. The zero-order valence-electron chi connectivity index (χ0n) is 24.0. The van der Waals surface area contributed by atoms with Gasteiger partial charge in [0, 0.05) is 57.0 Å². The van der Waals surface area contributed by atoms with E-state index < -0.39 is 11.6 Å². The summed E-state index contributed by atoms with van der Waals surface area (Å²) in [4.78, 5) is 16.0. The van der Waals surface area contributed by atoms with E-state index in [0.717, 1.165) is 66.7 Å². The van der Waals surface area contributed by atoms with Crippen LogP contribution in [-0.4, -0.2) is 68.8 Å². The van der Waals surface area contributed by atoms with Crippen LogP contribution in [-0.2, 0) is 23.0 Å². The molecular weight excluding hydrogens is 538 g/mol. The van der Waals surface area contributed by atoms with Crippen molar-refractivity contribution >= 4 is 5.91 Å². The number of likely N-dealkylation sites (tertiary alicyclic amines) is 1. The van der Waals surface area contributed by atoms with Gasteiger partial charge in [0.2, 0.25) is 5.91 Å². The minimum Gasteiger partial charge on any atom is -0.377 e. The quantitative estimate of drug-likeness (QED) is 0.334. The van der Waals surface area contributed by atoms with Gasteiger partial charge in [-0.25, -0.2) is 13.5 Å². The van der Waals surface area contributed by atoms with Gasteiger partial charge >= 0.3 is 0 Å². The number of nitrogens with zero attached hydrogens (tertiary/aromatic N) is 5. The highest BCUT2D eigenvalue weighted by molar-refractivity contribution is 5.80. The highest BCUT2D eigenvalue weighted by atomic mass is 19.2. The third kappa shape index (κ3) is 6.00. The Balaban J connectivity index is 1.25. The number of benzene rings is 2. The summed E-state index contributed by atoms with van der Waals surface area (Å²) >= 11 is 0. The fraction of sp³-hybridized carbons (Fsp3) is 0.406. The molecule has 220 valence electrons. The van der Waals surface area contributed by atoms with Crippen LogP contribution in [0.1, 0.15) is 42.0 Å². The topological polar surface area (TPSA) is 77.2 Å². The highest BCUT2D eigenvalue weighted by Gasteiger charge is 2.36. The van der Waals surface area contributed by atoms with Crippen LogP contribution in [0, 0.1) is 18.6 Å². The fourth-order valence-electron chi connectivity index (χ4n) is 6.25. The average Bonchev–Trinajstić information content (AvgIpc) is 3.68. The SMILES string of the molecule is Cc1c(-c2cnn(C)c2)nn(-c2ccccc2)c1CC(=O)N[C@@H]1CN(CC2CCCCO2)C[C@H]1c1ccc(F)c(F)c1. The molecule has 4 aromatic rings. The van der Waals surface area contributed by atoms with Crippen molar-refractivity contribution in [1.82, 2.24) is 29.8 Å². The van der Waals surface area contributed by atoms with Crippen molar-refractivity contribution in [2.75, 3.05) is 26.2 Å². The molecule has 6 rings (SSSR count). The summed E-state index contributed by atoms with van der Waals surface area (Å²) in [5.41, 5.74) is 4.87. The van der Waals surface area contributed by atoms with Crippen LogP contribution in [0.4, 0.5) is 8.78 Å². The number of rotatable bonds is 8. The number of amides is 1. The summed E-state index contributed by atoms with van der Waals surface area (Å²) in [7, 11) is 1.86. The third-order valence-corrected chi connectivity index (χ3v) is 8.40. The van der Waals surface area contributed by atoms with E-state index in [4.69, 9.17) is 9.84 Å². The van der Waals surface area contributed by atoms with Crippen LogP contribution in [0.2, 0.25) is 0 Å². The number of para-hydroxylation sites is 1. The minimum absolute atomic E-state index is 0.112. The van der Waals surface area contributed by atoms with E-state index in [1.165, 1.54) is 6.07 Å². The Bertz CT molecular complexity index is 1550. The van der Waals surface area contributed by atoms with Crippen molar-refractivity contribution in [3.05, 3.63) is 89.4 Å². The molecule has 0 radical (unpaired) electrons. The predicted molar refractivity (Wildman–Crippen MR) is 155 cm³/mol. The number of carbonyl (C=O) groups excluding carboxylic acids is 1. The lowest BCUT2D eigenvalue weighted by atomic mass is 9.94. The zero-order chi connectivity index (χ0) is 29.2. The van der Waals surface area contributed by atoms with Gasteiger partial charge in [-0.3, -0.25) is 14.4 Å². The molecule has 0 bridgehead atoms. The van der Waals surface area contributed by atoms with Crippen molar-refractivity contribution in [3.8, 4) is 16.9 Å². The largest absolute Gasteiger partial charge is 0.377 e. The maximum atomic E-state index is 14.3. The number of aromatic nitrogens is 4. The van der Waals surface area contributed by atoms with Crippen molar-refractivity contribution in [2.24, 2.45) is 7.05 Å². The Morgan fingerprint density at radius 3 is 2.64 bits per heavy atom. The van der Waals surface area contributed by atoms with Crippen LogP contribution in [0.25, 0.3) is 16.9 Å². The smallest absolute Gasteiger partial charge is 0.226 e. The Kier molecular flexibility index (Phi) is 8.17. The third-order valence-electron chi connectivity index (χ3n) is 8.40. The molecule has 0 aliphatic carbocycles. The first-order valence-corrected chi connectivity index (χ1v) is 14.6. The number of hydrogen-bond acceptors (Lipinski definition) is 5. The van der Waals surface area contributed by atoms with Crippen LogP contribution in [0.5, 0.6) is 0 Å². The van der Waals surface area contributed by atoms with E-state index >= 15 is 0 Å². The van der Waals surface area contributed by atoms with Crippen LogP contribution in [0.15, 0.2) is 60.9 Å². The summed E-state index contributed by atoms with van der Waals surface area (Å²) in [5, 5.41) is 12.4. The molecule has 2 aromatic carbocycles. The number of ether oxygens (including phenoxy) is 1. The second kappa shape index (κ2) is 12.1. The van der Waals surface area contributed by atoms with E-state index in [-0.39, 0.29) is 30.4 Å². The molecule has 3 atom stereocenters. The number of carbonyl (C=O) groups is 1. The standard InChI is InChI=1S/C32H36F2N6O2/c1-21-30(40(24-8-4-3-5-9-24)37-32(21)23-16-35-38(2)17-23)15-31(41)36-29-20-39(18-25-10-6-7-13-42-25)19-26(29)22-11-12-27(33)28(34)14-22/h3-5,8-9,11-12,14,16-17,25-26,29H,6-7,10,13,15,18-20H2,1-2H3,(H,36,41)/t25?,26-,29+/m0/s1. The Morgan fingerprint density at radius 2 is 1.93 bits per heavy atom. The molecule has 42 heavy (non-hydrogen) atoms. The number of hydrogen-bond donors (Lipinski definition) is 1. The molecule has 10 heteroatoms.